The number of nitrogens with one attached hydrogen (secondary N) is 1. The van der Waals surface area contributed by atoms with Gasteiger partial charge in [0, 0.05) is 16.3 Å². The number of hydrogen-bond acceptors (Lipinski definition) is 9. The van der Waals surface area contributed by atoms with Crippen molar-refractivity contribution in [3.63, 3.8) is 0 Å². The fourth-order valence-corrected chi connectivity index (χ4v) is 3.57. The zero-order valence-electron chi connectivity index (χ0n) is 16.0. The molecule has 0 aliphatic rings. The first kappa shape index (κ1) is 20.1. The van der Waals surface area contributed by atoms with Crippen LogP contribution in [0.15, 0.2) is 58.2 Å². The normalized spacial score (nSPS) is 10.9. The van der Waals surface area contributed by atoms with Crippen molar-refractivity contribution in [3.8, 4) is 11.5 Å². The molecule has 30 heavy (non-hydrogen) atoms. The molecule has 0 saturated carbocycles. The standard InChI is InChI=1S/C20H18ClN7OS/c1-2-12-6-3-4-9-15(12)23-19-25-16(24-18(22)26-19)11-30-20-28-27-17(29-20)13-7-5-8-14(21)10-13/h3-10H,2,11H2,1H3,(H3,22,23,24,25,26). The summed E-state index contributed by atoms with van der Waals surface area (Å²) in [6.45, 7) is 2.09. The molecule has 8 nitrogen and oxygen atoms in total. The number of aromatic nitrogens is 5. The third-order valence-corrected chi connectivity index (χ3v) is 5.20. The lowest BCUT2D eigenvalue weighted by atomic mass is 10.1. The van der Waals surface area contributed by atoms with E-state index in [-0.39, 0.29) is 5.95 Å². The van der Waals surface area contributed by atoms with E-state index in [0.717, 1.165) is 23.2 Å². The van der Waals surface area contributed by atoms with Crippen molar-refractivity contribution in [1.29, 1.82) is 0 Å². The van der Waals surface area contributed by atoms with Crippen molar-refractivity contribution in [2.24, 2.45) is 0 Å². The molecule has 2 aromatic heterocycles. The molecular weight excluding hydrogens is 422 g/mol. The van der Waals surface area contributed by atoms with E-state index in [1.54, 1.807) is 12.1 Å². The summed E-state index contributed by atoms with van der Waals surface area (Å²) in [4.78, 5) is 12.8. The van der Waals surface area contributed by atoms with Gasteiger partial charge >= 0.3 is 0 Å². The number of benzene rings is 2. The zero-order chi connectivity index (χ0) is 20.9. The second kappa shape index (κ2) is 9.10. The topological polar surface area (TPSA) is 116 Å². The predicted octanol–water partition coefficient (Wildman–Crippen LogP) is 4.76. The highest BCUT2D eigenvalue weighted by molar-refractivity contribution is 7.98. The number of nitrogen functional groups attached to an aromatic ring is 1. The van der Waals surface area contributed by atoms with Crippen LogP contribution in [-0.2, 0) is 12.2 Å². The molecule has 4 rings (SSSR count). The quantitative estimate of drug-likeness (QED) is 0.393. The van der Waals surface area contributed by atoms with Gasteiger partial charge in [-0.3, -0.25) is 0 Å². The molecule has 0 bridgehead atoms. The van der Waals surface area contributed by atoms with Crippen LogP contribution in [0.4, 0.5) is 17.6 Å². The number of para-hydroxylation sites is 1. The smallest absolute Gasteiger partial charge is 0.277 e. The van der Waals surface area contributed by atoms with Gasteiger partial charge in [-0.25, -0.2) is 0 Å². The van der Waals surface area contributed by atoms with Gasteiger partial charge < -0.3 is 15.5 Å². The van der Waals surface area contributed by atoms with Gasteiger partial charge in [0.15, 0.2) is 0 Å². The van der Waals surface area contributed by atoms with Gasteiger partial charge in [0.1, 0.15) is 5.82 Å². The average Bonchev–Trinajstić information content (AvgIpc) is 3.21. The summed E-state index contributed by atoms with van der Waals surface area (Å²) >= 11 is 7.33. The van der Waals surface area contributed by atoms with E-state index < -0.39 is 0 Å². The number of anilines is 3. The third kappa shape index (κ3) is 4.87. The summed E-state index contributed by atoms with van der Waals surface area (Å²) in [5.41, 5.74) is 8.72. The Kier molecular flexibility index (Phi) is 6.10. The first-order valence-electron chi connectivity index (χ1n) is 9.18. The minimum atomic E-state index is 0.141. The van der Waals surface area contributed by atoms with E-state index in [1.807, 2.05) is 30.3 Å². The predicted molar refractivity (Wildman–Crippen MR) is 118 cm³/mol. The van der Waals surface area contributed by atoms with E-state index in [2.05, 4.69) is 43.5 Å². The minimum Gasteiger partial charge on any atom is -0.411 e. The fraction of sp³-hybridized carbons (Fsp3) is 0.150. The number of rotatable bonds is 7. The Balaban J connectivity index is 1.47. The highest BCUT2D eigenvalue weighted by Gasteiger charge is 2.12. The molecule has 10 heteroatoms. The van der Waals surface area contributed by atoms with Crippen LogP contribution in [0, 0.1) is 0 Å². The molecule has 0 aliphatic heterocycles. The van der Waals surface area contributed by atoms with E-state index in [1.165, 1.54) is 11.8 Å². The molecule has 2 heterocycles. The molecule has 0 fully saturated rings. The zero-order valence-corrected chi connectivity index (χ0v) is 17.6. The first-order valence-corrected chi connectivity index (χ1v) is 10.5. The van der Waals surface area contributed by atoms with E-state index in [0.29, 0.717) is 33.7 Å². The van der Waals surface area contributed by atoms with Crippen LogP contribution < -0.4 is 11.1 Å². The fourth-order valence-electron chi connectivity index (χ4n) is 2.76. The average molecular weight is 440 g/mol. The lowest BCUT2D eigenvalue weighted by Gasteiger charge is -2.10. The molecule has 0 radical (unpaired) electrons. The third-order valence-electron chi connectivity index (χ3n) is 4.15. The van der Waals surface area contributed by atoms with Crippen LogP contribution in [0.2, 0.25) is 5.02 Å². The first-order chi connectivity index (χ1) is 14.6. The van der Waals surface area contributed by atoms with Gasteiger partial charge in [-0.2, -0.15) is 15.0 Å². The van der Waals surface area contributed by atoms with Crippen molar-refractivity contribution >= 4 is 40.9 Å². The van der Waals surface area contributed by atoms with Crippen LogP contribution in [0.1, 0.15) is 18.3 Å². The molecule has 0 atom stereocenters. The van der Waals surface area contributed by atoms with Gasteiger partial charge in [0.05, 0.1) is 5.75 Å². The van der Waals surface area contributed by atoms with Crippen LogP contribution in [0.3, 0.4) is 0 Å². The monoisotopic (exact) mass is 439 g/mol. The second-order valence-electron chi connectivity index (χ2n) is 6.24. The molecule has 0 unspecified atom stereocenters. The Morgan fingerprint density at radius 3 is 2.77 bits per heavy atom. The largest absolute Gasteiger partial charge is 0.411 e. The second-order valence-corrected chi connectivity index (χ2v) is 7.60. The van der Waals surface area contributed by atoms with E-state index in [4.69, 9.17) is 21.8 Å². The highest BCUT2D eigenvalue weighted by atomic mass is 35.5. The van der Waals surface area contributed by atoms with Crippen LogP contribution >= 0.6 is 23.4 Å². The summed E-state index contributed by atoms with van der Waals surface area (Å²) in [5, 5.41) is 12.3. The summed E-state index contributed by atoms with van der Waals surface area (Å²) in [7, 11) is 0. The van der Waals surface area contributed by atoms with Crippen molar-refractivity contribution in [3.05, 3.63) is 64.9 Å². The van der Waals surface area contributed by atoms with Gasteiger partial charge in [0.25, 0.3) is 5.22 Å². The molecule has 0 amide bonds. The molecule has 3 N–H and O–H groups in total. The van der Waals surface area contributed by atoms with Gasteiger partial charge in [-0.15, -0.1) is 10.2 Å². The van der Waals surface area contributed by atoms with Crippen molar-refractivity contribution < 1.29 is 4.42 Å². The lowest BCUT2D eigenvalue weighted by Crippen LogP contribution is -2.07. The lowest BCUT2D eigenvalue weighted by molar-refractivity contribution is 0.465. The molecule has 0 saturated heterocycles. The number of thioether (sulfide) groups is 1. The Bertz CT molecular complexity index is 1170. The molecule has 2 aromatic carbocycles. The van der Waals surface area contributed by atoms with E-state index in [9.17, 15) is 0 Å². The SMILES string of the molecule is CCc1ccccc1Nc1nc(N)nc(CSc2nnc(-c3cccc(Cl)c3)o2)n1. The maximum Gasteiger partial charge on any atom is 0.277 e. The van der Waals surface area contributed by atoms with Crippen LogP contribution in [0.5, 0.6) is 0 Å². The number of nitrogens with zero attached hydrogens (tertiary/aromatic N) is 5. The number of halogens is 1. The number of hydrogen-bond donors (Lipinski definition) is 2. The highest BCUT2D eigenvalue weighted by Crippen LogP contribution is 2.27. The van der Waals surface area contributed by atoms with Crippen molar-refractivity contribution in [2.75, 3.05) is 11.1 Å². The Morgan fingerprint density at radius 2 is 1.93 bits per heavy atom. The molecule has 0 aliphatic carbocycles. The Morgan fingerprint density at radius 1 is 1.07 bits per heavy atom. The summed E-state index contributed by atoms with van der Waals surface area (Å²) in [6, 6.07) is 15.2. The summed E-state index contributed by atoms with van der Waals surface area (Å²) < 4.78 is 5.70. The number of aryl methyl sites for hydroxylation is 1. The van der Waals surface area contributed by atoms with Crippen molar-refractivity contribution in [1.82, 2.24) is 25.1 Å². The minimum absolute atomic E-state index is 0.141. The maximum atomic E-state index is 6.01. The van der Waals surface area contributed by atoms with Crippen LogP contribution in [0.25, 0.3) is 11.5 Å². The van der Waals surface area contributed by atoms with Gasteiger partial charge in [-0.05, 0) is 36.2 Å². The maximum absolute atomic E-state index is 6.01. The van der Waals surface area contributed by atoms with Gasteiger partial charge in [0.2, 0.25) is 17.8 Å². The van der Waals surface area contributed by atoms with Gasteiger partial charge in [-0.1, -0.05) is 54.6 Å². The molecular formula is C20H18ClN7OS. The van der Waals surface area contributed by atoms with Crippen LogP contribution in [-0.4, -0.2) is 25.1 Å². The summed E-state index contributed by atoms with van der Waals surface area (Å²) in [5.74, 6) is 1.83. The molecule has 152 valence electrons. The number of nitrogens with two attached hydrogens (primary N) is 1. The Hall–Kier alpha value is -3.17. The molecule has 4 aromatic rings. The van der Waals surface area contributed by atoms with Crippen molar-refractivity contribution in [2.45, 2.75) is 24.3 Å². The summed E-state index contributed by atoms with van der Waals surface area (Å²) in [6.07, 6.45) is 0.887. The van der Waals surface area contributed by atoms with E-state index >= 15 is 0 Å². The Labute approximate surface area is 182 Å². The molecule has 0 spiro atoms.